The van der Waals surface area contributed by atoms with Gasteiger partial charge in [0, 0.05) is 0 Å². The summed E-state index contributed by atoms with van der Waals surface area (Å²) in [5.74, 6) is 0. The number of rotatable bonds is 1. The number of hydrogen-bond donors (Lipinski definition) is 5. The van der Waals surface area contributed by atoms with Crippen molar-refractivity contribution >= 4 is 0 Å². The van der Waals surface area contributed by atoms with Gasteiger partial charge in [-0.2, -0.15) is 0 Å². The molecule has 78 valence electrons. The first-order valence-electron chi connectivity index (χ1n) is 4.04. The van der Waals surface area contributed by atoms with Gasteiger partial charge in [-0.3, -0.25) is 5.32 Å². The second kappa shape index (κ2) is 3.49. The smallest absolute Gasteiger partial charge is 0.184 e. The lowest BCUT2D eigenvalue weighted by Crippen LogP contribution is -2.70. The van der Waals surface area contributed by atoms with Gasteiger partial charge < -0.3 is 25.2 Å². The van der Waals surface area contributed by atoms with Crippen LogP contribution in [0.15, 0.2) is 0 Å². The Morgan fingerprint density at radius 2 is 1.85 bits per heavy atom. The lowest BCUT2D eigenvalue weighted by atomic mass is 9.93. The molecule has 0 aromatic rings. The van der Waals surface area contributed by atoms with Crippen LogP contribution in [0.1, 0.15) is 6.92 Å². The first-order valence-corrected chi connectivity index (χ1v) is 4.04. The molecule has 1 aliphatic rings. The average Bonchev–Trinajstić information content (AvgIpc) is 2.11. The Balaban J connectivity index is 2.85. The van der Waals surface area contributed by atoms with E-state index in [2.05, 4.69) is 5.32 Å². The molecule has 6 nitrogen and oxygen atoms in total. The van der Waals surface area contributed by atoms with Gasteiger partial charge in [0.1, 0.15) is 18.3 Å². The van der Waals surface area contributed by atoms with Crippen LogP contribution in [-0.2, 0) is 4.74 Å². The molecule has 0 saturated carbocycles. The zero-order chi connectivity index (χ0) is 10.2. The Hall–Kier alpha value is -0.240. The van der Waals surface area contributed by atoms with Gasteiger partial charge in [-0.05, 0) is 14.0 Å². The van der Waals surface area contributed by atoms with Crippen molar-refractivity contribution in [1.82, 2.24) is 5.32 Å². The fourth-order valence-corrected chi connectivity index (χ4v) is 1.40. The van der Waals surface area contributed by atoms with Crippen LogP contribution < -0.4 is 5.32 Å². The predicted octanol–water partition coefficient (Wildman–Crippen LogP) is -2.65. The minimum Gasteiger partial charge on any atom is -0.386 e. The molecule has 0 aliphatic carbocycles. The van der Waals surface area contributed by atoms with Crippen molar-refractivity contribution in [1.29, 1.82) is 0 Å². The summed E-state index contributed by atoms with van der Waals surface area (Å²) in [7, 11) is 1.42. The first-order chi connectivity index (χ1) is 5.93. The fourth-order valence-electron chi connectivity index (χ4n) is 1.40. The zero-order valence-electron chi connectivity index (χ0n) is 7.51. The summed E-state index contributed by atoms with van der Waals surface area (Å²) >= 11 is 0. The third-order valence-corrected chi connectivity index (χ3v) is 2.43. The van der Waals surface area contributed by atoms with E-state index in [1.54, 1.807) is 0 Å². The van der Waals surface area contributed by atoms with E-state index >= 15 is 0 Å². The Morgan fingerprint density at radius 3 is 2.31 bits per heavy atom. The van der Waals surface area contributed by atoms with Gasteiger partial charge in [-0.1, -0.05) is 0 Å². The predicted molar refractivity (Wildman–Crippen MR) is 42.6 cm³/mol. The number of hydrogen-bond acceptors (Lipinski definition) is 6. The van der Waals surface area contributed by atoms with Gasteiger partial charge in [0.05, 0.1) is 0 Å². The van der Waals surface area contributed by atoms with E-state index in [-0.39, 0.29) is 0 Å². The van der Waals surface area contributed by atoms with Crippen molar-refractivity contribution in [2.75, 3.05) is 7.05 Å². The Kier molecular flexibility index (Phi) is 2.91. The average molecular weight is 193 g/mol. The summed E-state index contributed by atoms with van der Waals surface area (Å²) in [5, 5.41) is 39.9. The highest BCUT2D eigenvalue weighted by molar-refractivity contribution is 4.97. The second-order valence-electron chi connectivity index (χ2n) is 3.18. The van der Waals surface area contributed by atoms with E-state index in [9.17, 15) is 15.3 Å². The monoisotopic (exact) mass is 193 g/mol. The maximum absolute atomic E-state index is 9.75. The molecule has 0 radical (unpaired) electrons. The minimum absolute atomic E-state index is 0.814. The van der Waals surface area contributed by atoms with Crippen LogP contribution in [0.5, 0.6) is 0 Å². The molecule has 0 bridgehead atoms. The van der Waals surface area contributed by atoms with Crippen LogP contribution >= 0.6 is 0 Å². The topological polar surface area (TPSA) is 102 Å². The number of nitrogens with one attached hydrogen (secondary N) is 1. The van der Waals surface area contributed by atoms with Crippen LogP contribution in [0.3, 0.4) is 0 Å². The normalized spacial score (nSPS) is 52.2. The number of ether oxygens (including phenoxy) is 1. The molecule has 0 aromatic carbocycles. The maximum atomic E-state index is 9.75. The van der Waals surface area contributed by atoms with E-state index in [0.29, 0.717) is 0 Å². The first kappa shape index (κ1) is 10.8. The van der Waals surface area contributed by atoms with Crippen molar-refractivity contribution in [3.8, 4) is 0 Å². The Morgan fingerprint density at radius 1 is 1.31 bits per heavy atom. The molecular formula is C7H15NO5. The summed E-state index contributed by atoms with van der Waals surface area (Å²) in [6, 6.07) is 0. The van der Waals surface area contributed by atoms with Crippen molar-refractivity contribution in [3.63, 3.8) is 0 Å². The lowest BCUT2D eigenvalue weighted by molar-refractivity contribution is -0.318. The minimum atomic E-state index is -1.74. The van der Waals surface area contributed by atoms with Crippen molar-refractivity contribution < 1.29 is 25.2 Å². The standard InChI is InChI=1S/C7H15NO5/c1-3-7(12,8-2)5(10)4(9)6(11)13-3/h3-6,8-12H,1-2H3/t3-,4-,5-,6+,7-/m1/s1. The summed E-state index contributed by atoms with van der Waals surface area (Å²) in [6.07, 6.45) is -5.30. The van der Waals surface area contributed by atoms with Gasteiger partial charge in [0.15, 0.2) is 12.0 Å². The van der Waals surface area contributed by atoms with E-state index in [0.717, 1.165) is 0 Å². The van der Waals surface area contributed by atoms with E-state index in [1.165, 1.54) is 14.0 Å². The second-order valence-corrected chi connectivity index (χ2v) is 3.18. The largest absolute Gasteiger partial charge is 0.386 e. The maximum Gasteiger partial charge on any atom is 0.184 e. The molecule has 5 atom stereocenters. The summed E-state index contributed by atoms with van der Waals surface area (Å²) in [4.78, 5) is 0. The van der Waals surface area contributed by atoms with E-state index in [4.69, 9.17) is 9.84 Å². The highest BCUT2D eigenvalue weighted by atomic mass is 16.6. The zero-order valence-corrected chi connectivity index (χ0v) is 7.51. The summed E-state index contributed by atoms with van der Waals surface area (Å²) in [5.41, 5.74) is -1.74. The molecule has 1 rings (SSSR count). The van der Waals surface area contributed by atoms with Gasteiger partial charge in [0.25, 0.3) is 0 Å². The SMILES string of the molecule is CN[C@]1(O)[C@H](O)[C@@H](O)[C@@H](O)O[C@@H]1C. The molecular weight excluding hydrogens is 178 g/mol. The van der Waals surface area contributed by atoms with Crippen LogP contribution in [0, 0.1) is 0 Å². The Bertz CT molecular complexity index is 190. The quantitative estimate of drug-likeness (QED) is 0.292. The highest BCUT2D eigenvalue weighted by Gasteiger charge is 2.51. The van der Waals surface area contributed by atoms with Gasteiger partial charge in [-0.15, -0.1) is 0 Å². The number of likely N-dealkylation sites (N-methyl/N-ethyl adjacent to an activating group) is 1. The molecule has 6 heteroatoms. The van der Waals surface area contributed by atoms with Crippen molar-refractivity contribution in [3.05, 3.63) is 0 Å². The Labute approximate surface area is 75.8 Å². The molecule has 1 heterocycles. The van der Waals surface area contributed by atoms with Gasteiger partial charge in [-0.25, -0.2) is 0 Å². The highest BCUT2D eigenvalue weighted by Crippen LogP contribution is 2.26. The fraction of sp³-hybridized carbons (Fsp3) is 1.00. The van der Waals surface area contributed by atoms with E-state index in [1.807, 2.05) is 0 Å². The molecule has 1 fully saturated rings. The van der Waals surface area contributed by atoms with Gasteiger partial charge >= 0.3 is 0 Å². The third kappa shape index (κ3) is 1.56. The molecule has 13 heavy (non-hydrogen) atoms. The molecule has 0 unspecified atom stereocenters. The molecule has 0 spiro atoms. The lowest BCUT2D eigenvalue weighted by Gasteiger charge is -2.45. The summed E-state index contributed by atoms with van der Waals surface area (Å²) in [6.45, 7) is 1.48. The van der Waals surface area contributed by atoms with E-state index < -0.39 is 30.3 Å². The summed E-state index contributed by atoms with van der Waals surface area (Å²) < 4.78 is 4.81. The van der Waals surface area contributed by atoms with Crippen LogP contribution in [0.2, 0.25) is 0 Å². The molecule has 1 saturated heterocycles. The molecule has 0 aromatic heterocycles. The van der Waals surface area contributed by atoms with Gasteiger partial charge in [0.2, 0.25) is 0 Å². The molecule has 1 aliphatic heterocycles. The van der Waals surface area contributed by atoms with Crippen LogP contribution in [0.25, 0.3) is 0 Å². The molecule has 0 amide bonds. The van der Waals surface area contributed by atoms with Crippen LogP contribution in [-0.4, -0.2) is 57.8 Å². The number of aliphatic hydroxyl groups excluding tert-OH is 3. The van der Waals surface area contributed by atoms with Crippen molar-refractivity contribution in [2.45, 2.75) is 37.3 Å². The molecule has 5 N–H and O–H groups in total. The van der Waals surface area contributed by atoms with Crippen LogP contribution in [0.4, 0.5) is 0 Å². The third-order valence-electron chi connectivity index (χ3n) is 2.43. The van der Waals surface area contributed by atoms with Crippen molar-refractivity contribution in [2.24, 2.45) is 0 Å². The number of aliphatic hydroxyl groups is 4.